The second-order valence-electron chi connectivity index (χ2n) is 10.0. The van der Waals surface area contributed by atoms with Crippen molar-refractivity contribution < 1.29 is 40.6 Å². The van der Waals surface area contributed by atoms with Crippen molar-refractivity contribution in [1.82, 2.24) is 15.2 Å². The van der Waals surface area contributed by atoms with Crippen molar-refractivity contribution in [2.45, 2.75) is 69.9 Å². The lowest BCUT2D eigenvalue weighted by molar-refractivity contribution is -0.288. The number of alkyl halides is 6. The lowest BCUT2D eigenvalue weighted by Crippen LogP contribution is -2.59. The molecule has 1 aliphatic carbocycles. The molecule has 3 aromatic rings. The van der Waals surface area contributed by atoms with Crippen LogP contribution in [0.25, 0.3) is 22.5 Å². The van der Waals surface area contributed by atoms with E-state index in [2.05, 4.69) is 20.5 Å². The number of pyridine rings is 1. The normalized spacial score (nSPS) is 20.9. The molecule has 0 radical (unpaired) electrons. The molecule has 0 aliphatic heterocycles. The Kier molecular flexibility index (Phi) is 6.13. The molecule has 7 nitrogen and oxygen atoms in total. The number of halogens is 6. The average molecular weight is 518 g/mol. The highest BCUT2D eigenvalue weighted by Crippen LogP contribution is 2.46. The number of nitrogens with one attached hydrogen (secondary N) is 1. The van der Waals surface area contributed by atoms with Crippen LogP contribution in [0.5, 0.6) is 5.75 Å². The molecular formula is C23H24F6N4O3. The lowest BCUT2D eigenvalue weighted by atomic mass is 9.75. The highest BCUT2D eigenvalue weighted by Gasteiger charge is 2.61. The van der Waals surface area contributed by atoms with Crippen LogP contribution in [0.1, 0.15) is 44.7 Å². The van der Waals surface area contributed by atoms with Gasteiger partial charge in [-0.1, -0.05) is 25.9 Å². The summed E-state index contributed by atoms with van der Waals surface area (Å²) >= 11 is 0. The van der Waals surface area contributed by atoms with Gasteiger partial charge in [-0.2, -0.15) is 26.3 Å². The predicted molar refractivity (Wildman–Crippen MR) is 118 cm³/mol. The Morgan fingerprint density at radius 2 is 1.75 bits per heavy atom. The number of aromatic nitrogens is 3. The molecular weight excluding hydrogens is 494 g/mol. The molecule has 36 heavy (non-hydrogen) atoms. The van der Waals surface area contributed by atoms with Crippen LogP contribution >= 0.6 is 0 Å². The lowest BCUT2D eigenvalue weighted by Gasteiger charge is -2.44. The van der Waals surface area contributed by atoms with Crippen LogP contribution in [-0.4, -0.2) is 50.9 Å². The van der Waals surface area contributed by atoms with E-state index in [1.165, 1.54) is 12.1 Å². The Morgan fingerprint density at radius 3 is 2.33 bits per heavy atom. The molecule has 1 fully saturated rings. The van der Waals surface area contributed by atoms with E-state index in [4.69, 9.17) is 9.15 Å². The van der Waals surface area contributed by atoms with Gasteiger partial charge in [0, 0.05) is 24.3 Å². The smallest absolute Gasteiger partial charge is 0.422 e. The summed E-state index contributed by atoms with van der Waals surface area (Å²) in [5.74, 6) is 0.0659. The number of hydrogen-bond acceptors (Lipinski definition) is 7. The molecule has 2 aromatic heterocycles. The number of rotatable bonds is 5. The van der Waals surface area contributed by atoms with E-state index in [9.17, 15) is 31.4 Å². The minimum atomic E-state index is -4.72. The first-order valence-corrected chi connectivity index (χ1v) is 11.0. The van der Waals surface area contributed by atoms with Crippen molar-refractivity contribution in [2.75, 3.05) is 11.9 Å². The Morgan fingerprint density at radius 1 is 1.08 bits per heavy atom. The molecule has 2 heterocycles. The van der Waals surface area contributed by atoms with E-state index in [1.807, 2.05) is 20.8 Å². The second kappa shape index (κ2) is 8.49. The van der Waals surface area contributed by atoms with Gasteiger partial charge in [0.15, 0.2) is 12.2 Å². The van der Waals surface area contributed by atoms with Gasteiger partial charge in [-0.25, -0.2) is 4.98 Å². The third-order valence-electron chi connectivity index (χ3n) is 5.97. The maximum absolute atomic E-state index is 12.8. The van der Waals surface area contributed by atoms with Gasteiger partial charge in [0.25, 0.3) is 5.89 Å². The van der Waals surface area contributed by atoms with Gasteiger partial charge in [0.05, 0.1) is 5.52 Å². The Labute approximate surface area is 201 Å². The van der Waals surface area contributed by atoms with E-state index in [1.54, 1.807) is 13.0 Å². The molecule has 0 bridgehead atoms. The molecule has 0 amide bonds. The number of nitrogens with zero attached hydrogens (tertiary/aromatic N) is 3. The summed E-state index contributed by atoms with van der Waals surface area (Å²) in [7, 11) is 0. The van der Waals surface area contributed by atoms with Gasteiger partial charge in [0.2, 0.25) is 0 Å². The summed E-state index contributed by atoms with van der Waals surface area (Å²) in [5.41, 5.74) is -1.14. The van der Waals surface area contributed by atoms with Crippen LogP contribution in [0.3, 0.4) is 0 Å². The summed E-state index contributed by atoms with van der Waals surface area (Å²) < 4.78 is 87.1. The highest BCUT2D eigenvalue weighted by molar-refractivity contribution is 5.89. The fraction of sp³-hybridized carbons (Fsp3) is 0.522. The number of fused-ring (bicyclic) bond motifs is 1. The summed E-state index contributed by atoms with van der Waals surface area (Å²) in [6.07, 6.45) is -10.3. The van der Waals surface area contributed by atoms with Crippen LogP contribution in [-0.2, 0) is 5.41 Å². The summed E-state index contributed by atoms with van der Waals surface area (Å²) in [6, 6.07) is 3.81. The monoisotopic (exact) mass is 518 g/mol. The van der Waals surface area contributed by atoms with E-state index < -0.39 is 48.9 Å². The molecule has 0 unspecified atom stereocenters. The van der Waals surface area contributed by atoms with E-state index >= 15 is 0 Å². The number of hydrogen-bond donors (Lipinski definition) is 2. The van der Waals surface area contributed by atoms with Crippen molar-refractivity contribution in [1.29, 1.82) is 0 Å². The molecule has 0 atom stereocenters. The number of benzene rings is 1. The molecule has 0 spiro atoms. The number of aryl methyl sites for hydroxylation is 1. The molecule has 1 aliphatic rings. The van der Waals surface area contributed by atoms with E-state index in [0.29, 0.717) is 22.0 Å². The zero-order chi connectivity index (χ0) is 26.7. The molecule has 0 saturated heterocycles. The quantitative estimate of drug-likeness (QED) is 0.419. The zero-order valence-corrected chi connectivity index (χ0v) is 19.8. The third-order valence-corrected chi connectivity index (χ3v) is 5.97. The fourth-order valence-electron chi connectivity index (χ4n) is 4.04. The van der Waals surface area contributed by atoms with Crippen molar-refractivity contribution in [3.63, 3.8) is 0 Å². The van der Waals surface area contributed by atoms with Gasteiger partial charge in [-0.05, 0) is 41.7 Å². The average Bonchev–Trinajstić information content (AvgIpc) is 3.17. The first-order chi connectivity index (χ1) is 16.5. The highest BCUT2D eigenvalue weighted by atomic mass is 19.4. The summed E-state index contributed by atoms with van der Waals surface area (Å²) in [6.45, 7) is 5.97. The Hall–Kier alpha value is -3.09. The van der Waals surface area contributed by atoms with Crippen LogP contribution in [0.4, 0.5) is 32.4 Å². The van der Waals surface area contributed by atoms with Gasteiger partial charge < -0.3 is 19.6 Å². The van der Waals surface area contributed by atoms with E-state index in [0.717, 1.165) is 0 Å². The zero-order valence-electron chi connectivity index (χ0n) is 19.8. The van der Waals surface area contributed by atoms with Crippen molar-refractivity contribution >= 4 is 16.9 Å². The Bertz CT molecular complexity index is 1270. The summed E-state index contributed by atoms with van der Waals surface area (Å²) in [5, 5.41) is 20.6. The minimum Gasteiger partial charge on any atom is -0.484 e. The molecule has 196 valence electrons. The van der Waals surface area contributed by atoms with Crippen molar-refractivity contribution in [3.8, 4) is 17.3 Å². The van der Waals surface area contributed by atoms with Gasteiger partial charge >= 0.3 is 18.4 Å². The Balaban J connectivity index is 1.63. The van der Waals surface area contributed by atoms with Gasteiger partial charge in [0.1, 0.15) is 11.4 Å². The van der Waals surface area contributed by atoms with Crippen LogP contribution in [0.15, 0.2) is 22.6 Å². The molecule has 4 rings (SSSR count). The van der Waals surface area contributed by atoms with Crippen LogP contribution < -0.4 is 10.1 Å². The third kappa shape index (κ3) is 5.20. The summed E-state index contributed by atoms with van der Waals surface area (Å²) in [4.78, 5) is 4.61. The van der Waals surface area contributed by atoms with Crippen LogP contribution in [0, 0.1) is 6.92 Å². The maximum atomic E-state index is 12.8. The van der Waals surface area contributed by atoms with Crippen molar-refractivity contribution in [3.05, 3.63) is 29.3 Å². The maximum Gasteiger partial charge on any atom is 0.422 e. The number of aliphatic hydroxyl groups is 1. The minimum absolute atomic E-state index is 0.00478. The van der Waals surface area contributed by atoms with Crippen LogP contribution in [0.2, 0.25) is 0 Å². The number of anilines is 1. The first-order valence-electron chi connectivity index (χ1n) is 11.0. The van der Waals surface area contributed by atoms with Gasteiger partial charge in [-0.15, -0.1) is 5.10 Å². The predicted octanol–water partition coefficient (Wildman–Crippen LogP) is 5.70. The topological polar surface area (TPSA) is 93.3 Å². The van der Waals surface area contributed by atoms with Crippen molar-refractivity contribution in [2.24, 2.45) is 0 Å². The fourth-order valence-corrected chi connectivity index (χ4v) is 4.04. The SMILES string of the molecule is Cc1cc(-c2nnc(NC3CC(O)(C(F)(F)F)C3)o2)nc2c(C(C)(C)C)cc(OCC(F)(F)F)cc12. The second-order valence-corrected chi connectivity index (χ2v) is 10.0. The standard InChI is InChI=1S/C23H24F6N4O3/c1-11-5-16(18-32-33-19(36-18)30-12-8-21(34,9-12)23(27,28)29)31-17-14(11)6-13(35-10-22(24,25)26)7-15(17)20(2,3)4/h5-7,12,34H,8-10H2,1-4H3,(H,30,33). The molecule has 1 aromatic carbocycles. The molecule has 1 saturated carbocycles. The first kappa shape index (κ1) is 26.0. The molecule has 2 N–H and O–H groups in total. The number of ether oxygens (including phenoxy) is 1. The largest absolute Gasteiger partial charge is 0.484 e. The van der Waals surface area contributed by atoms with E-state index in [-0.39, 0.29) is 23.3 Å². The molecule has 13 heteroatoms. The van der Waals surface area contributed by atoms with Gasteiger partial charge in [-0.3, -0.25) is 0 Å².